The zero-order valence-corrected chi connectivity index (χ0v) is 19.5. The molecule has 31 heavy (non-hydrogen) atoms. The predicted octanol–water partition coefficient (Wildman–Crippen LogP) is 4.24. The van der Waals surface area contributed by atoms with Crippen LogP contribution in [-0.2, 0) is 17.8 Å². The van der Waals surface area contributed by atoms with Gasteiger partial charge in [0.2, 0.25) is 11.7 Å². The van der Waals surface area contributed by atoms with Crippen molar-refractivity contribution in [2.24, 2.45) is 0 Å². The summed E-state index contributed by atoms with van der Waals surface area (Å²) in [6, 6.07) is 5.86. The number of aromatic nitrogens is 1. The van der Waals surface area contributed by atoms with E-state index < -0.39 is 0 Å². The Labute approximate surface area is 188 Å². The van der Waals surface area contributed by atoms with Gasteiger partial charge in [-0.15, -0.1) is 0 Å². The van der Waals surface area contributed by atoms with E-state index in [-0.39, 0.29) is 18.6 Å². The van der Waals surface area contributed by atoms with Crippen molar-refractivity contribution >= 4 is 32.7 Å². The number of rotatable bonds is 5. The number of halogens is 1. The lowest BCUT2D eigenvalue weighted by Gasteiger charge is -2.22. The number of carbonyl (C=O) groups excluding carboxylic acids is 1. The summed E-state index contributed by atoms with van der Waals surface area (Å²) in [6.45, 7) is 1.45. The number of hydrogen-bond donors (Lipinski definition) is 3. The fourth-order valence-corrected chi connectivity index (χ4v) is 5.21. The van der Waals surface area contributed by atoms with Gasteiger partial charge in [0.15, 0.2) is 11.5 Å². The van der Waals surface area contributed by atoms with E-state index in [0.29, 0.717) is 30.1 Å². The quantitative estimate of drug-likeness (QED) is 0.499. The molecule has 3 N–H and O–H groups in total. The van der Waals surface area contributed by atoms with Crippen LogP contribution in [0.15, 0.2) is 22.7 Å². The Morgan fingerprint density at radius 1 is 1.16 bits per heavy atom. The van der Waals surface area contributed by atoms with Crippen LogP contribution in [0.1, 0.15) is 36.2 Å². The highest BCUT2D eigenvalue weighted by Crippen LogP contribution is 2.54. The summed E-state index contributed by atoms with van der Waals surface area (Å²) >= 11 is 3.72. The van der Waals surface area contributed by atoms with E-state index in [1.807, 2.05) is 12.1 Å². The molecule has 7 nitrogen and oxygen atoms in total. The van der Waals surface area contributed by atoms with Crippen molar-refractivity contribution in [3.05, 3.63) is 39.5 Å². The van der Waals surface area contributed by atoms with Crippen LogP contribution in [0.4, 0.5) is 0 Å². The maximum atomic E-state index is 12.0. The first-order valence-corrected chi connectivity index (χ1v) is 10.8. The van der Waals surface area contributed by atoms with Crippen LogP contribution in [0, 0.1) is 0 Å². The Morgan fingerprint density at radius 3 is 2.48 bits per heavy atom. The van der Waals surface area contributed by atoms with E-state index in [1.54, 1.807) is 21.3 Å². The average molecular weight is 489 g/mol. The summed E-state index contributed by atoms with van der Waals surface area (Å²) in [6.07, 6.45) is 1.40. The van der Waals surface area contributed by atoms with Gasteiger partial charge in [0, 0.05) is 29.1 Å². The van der Waals surface area contributed by atoms with Gasteiger partial charge in [-0.25, -0.2) is 0 Å². The highest BCUT2D eigenvalue weighted by Gasteiger charge is 2.32. The number of methoxy groups -OCH3 is 3. The number of amides is 1. The third-order valence-corrected chi connectivity index (χ3v) is 6.58. The molecule has 0 bridgehead atoms. The third kappa shape index (κ3) is 3.53. The van der Waals surface area contributed by atoms with Crippen molar-refractivity contribution in [3.63, 3.8) is 0 Å². The summed E-state index contributed by atoms with van der Waals surface area (Å²) in [5.41, 5.74) is 5.49. The van der Waals surface area contributed by atoms with Crippen molar-refractivity contribution in [3.8, 4) is 28.4 Å². The minimum Gasteiger partial charge on any atom is -0.492 e. The SMILES string of the molecule is COc1c(Br)c2c(c(OC)c1OC)-c1cc3cc(CO)[nH]c3cc1[C@@H](NC(C)=O)CC2. The Morgan fingerprint density at radius 2 is 1.87 bits per heavy atom. The van der Waals surface area contributed by atoms with Gasteiger partial charge in [0.05, 0.1) is 38.5 Å². The Balaban J connectivity index is 2.10. The number of carbonyl (C=O) groups is 1. The molecule has 1 amide bonds. The lowest BCUT2D eigenvalue weighted by Crippen LogP contribution is -2.26. The van der Waals surface area contributed by atoms with Gasteiger partial charge in [-0.2, -0.15) is 0 Å². The molecule has 164 valence electrons. The van der Waals surface area contributed by atoms with E-state index in [1.165, 1.54) is 6.92 Å². The second-order valence-corrected chi connectivity index (χ2v) is 8.33. The molecule has 4 rings (SSSR count). The van der Waals surface area contributed by atoms with Crippen molar-refractivity contribution in [1.29, 1.82) is 0 Å². The zero-order valence-electron chi connectivity index (χ0n) is 17.9. The maximum absolute atomic E-state index is 12.0. The second kappa shape index (κ2) is 8.43. The molecule has 1 aromatic heterocycles. The largest absolute Gasteiger partial charge is 0.492 e. The number of fused-ring (bicyclic) bond motifs is 4. The van der Waals surface area contributed by atoms with Crippen molar-refractivity contribution < 1.29 is 24.1 Å². The first-order valence-electron chi connectivity index (χ1n) is 9.97. The van der Waals surface area contributed by atoms with Crippen LogP contribution in [0.3, 0.4) is 0 Å². The highest BCUT2D eigenvalue weighted by atomic mass is 79.9. The van der Waals surface area contributed by atoms with Gasteiger partial charge < -0.3 is 29.6 Å². The fourth-order valence-electron chi connectivity index (χ4n) is 4.47. The van der Waals surface area contributed by atoms with E-state index in [4.69, 9.17) is 14.2 Å². The topological polar surface area (TPSA) is 92.8 Å². The molecule has 1 aliphatic rings. The molecule has 0 spiro atoms. The highest BCUT2D eigenvalue weighted by molar-refractivity contribution is 9.10. The van der Waals surface area contributed by atoms with E-state index in [0.717, 1.165) is 43.3 Å². The normalized spacial score (nSPS) is 15.1. The molecule has 2 aromatic carbocycles. The van der Waals surface area contributed by atoms with Crippen LogP contribution in [-0.4, -0.2) is 37.3 Å². The summed E-state index contributed by atoms with van der Waals surface area (Å²) < 4.78 is 17.9. The molecular weight excluding hydrogens is 464 g/mol. The van der Waals surface area contributed by atoms with Crippen molar-refractivity contribution in [1.82, 2.24) is 10.3 Å². The number of H-pyrrole nitrogens is 1. The molecular formula is C23H25BrN2O5. The van der Waals surface area contributed by atoms with Crippen LogP contribution in [0.5, 0.6) is 17.2 Å². The first kappa shape index (κ1) is 21.5. The number of ether oxygens (including phenoxy) is 3. The van der Waals surface area contributed by atoms with E-state index in [2.05, 4.69) is 32.3 Å². The summed E-state index contributed by atoms with van der Waals surface area (Å²) in [4.78, 5) is 15.2. The predicted molar refractivity (Wildman–Crippen MR) is 122 cm³/mol. The number of benzene rings is 2. The molecule has 8 heteroatoms. The third-order valence-electron chi connectivity index (χ3n) is 5.74. The lowest BCUT2D eigenvalue weighted by molar-refractivity contribution is -0.119. The minimum absolute atomic E-state index is 0.0784. The Kier molecular flexibility index (Phi) is 5.85. The van der Waals surface area contributed by atoms with Gasteiger partial charge in [-0.05, 0) is 63.7 Å². The molecule has 1 aliphatic carbocycles. The lowest BCUT2D eigenvalue weighted by atomic mass is 9.92. The zero-order chi connectivity index (χ0) is 22.3. The second-order valence-electron chi connectivity index (χ2n) is 7.54. The van der Waals surface area contributed by atoms with Crippen LogP contribution >= 0.6 is 15.9 Å². The van der Waals surface area contributed by atoms with Gasteiger partial charge in [0.1, 0.15) is 0 Å². The molecule has 0 saturated carbocycles. The monoisotopic (exact) mass is 488 g/mol. The van der Waals surface area contributed by atoms with E-state index in [9.17, 15) is 9.90 Å². The van der Waals surface area contributed by atoms with Gasteiger partial charge >= 0.3 is 0 Å². The minimum atomic E-state index is -0.182. The van der Waals surface area contributed by atoms with Crippen LogP contribution < -0.4 is 19.5 Å². The molecule has 3 aromatic rings. The van der Waals surface area contributed by atoms with Crippen molar-refractivity contribution in [2.75, 3.05) is 21.3 Å². The fraction of sp³-hybridized carbons (Fsp3) is 0.348. The van der Waals surface area contributed by atoms with Gasteiger partial charge in [0.25, 0.3) is 0 Å². The van der Waals surface area contributed by atoms with Crippen molar-refractivity contribution in [2.45, 2.75) is 32.4 Å². The standard InChI is InChI=1S/C23H25BrN2O5/c1-11(28)25-17-6-5-14-19(21(29-2)23(31-4)22(30-3)20(14)24)16-8-12-7-13(10-27)26-18(12)9-15(16)17/h7-9,17,26-27H,5-6,10H2,1-4H3,(H,25,28)/t17-/m0/s1. The van der Waals surface area contributed by atoms with Gasteiger partial charge in [-0.1, -0.05) is 0 Å². The molecule has 0 unspecified atom stereocenters. The Bertz CT molecular complexity index is 1170. The number of aromatic amines is 1. The maximum Gasteiger partial charge on any atom is 0.217 e. The van der Waals surface area contributed by atoms with Gasteiger partial charge in [-0.3, -0.25) is 4.79 Å². The Hall–Kier alpha value is -2.71. The molecule has 0 radical (unpaired) electrons. The molecule has 1 heterocycles. The molecule has 0 saturated heterocycles. The van der Waals surface area contributed by atoms with Crippen LogP contribution in [0.2, 0.25) is 0 Å². The first-order chi connectivity index (χ1) is 14.9. The number of hydrogen-bond acceptors (Lipinski definition) is 5. The average Bonchev–Trinajstić information content (AvgIpc) is 3.10. The molecule has 0 aliphatic heterocycles. The number of aliphatic hydroxyl groups excluding tert-OH is 1. The molecule has 0 fully saturated rings. The smallest absolute Gasteiger partial charge is 0.217 e. The van der Waals surface area contributed by atoms with E-state index >= 15 is 0 Å². The van der Waals surface area contributed by atoms with Crippen LogP contribution in [0.25, 0.3) is 22.0 Å². The summed E-state index contributed by atoms with van der Waals surface area (Å²) in [5.74, 6) is 1.57. The summed E-state index contributed by atoms with van der Waals surface area (Å²) in [5, 5.41) is 13.6. The number of aliphatic hydroxyl groups is 1. The molecule has 1 atom stereocenters. The summed E-state index contributed by atoms with van der Waals surface area (Å²) in [7, 11) is 4.79. The number of nitrogens with one attached hydrogen (secondary N) is 2.